The first-order chi connectivity index (χ1) is 9.88. The van der Waals surface area contributed by atoms with Crippen LogP contribution in [0, 0.1) is 12.8 Å². The summed E-state index contributed by atoms with van der Waals surface area (Å²) in [5.74, 6) is 0.341. The van der Waals surface area contributed by atoms with E-state index in [1.165, 1.54) is 0 Å². The van der Waals surface area contributed by atoms with E-state index in [4.69, 9.17) is 0 Å². The van der Waals surface area contributed by atoms with Gasteiger partial charge in [0.2, 0.25) is 0 Å². The second-order valence-electron chi connectivity index (χ2n) is 6.16. The minimum Gasteiger partial charge on any atom is -0.393 e. The topological polar surface area (TPSA) is 66.4 Å². The average molecular weight is 311 g/mol. The molecule has 3 atom stereocenters. The molecule has 21 heavy (non-hydrogen) atoms. The summed E-state index contributed by atoms with van der Waals surface area (Å²) >= 11 is 0. The zero-order valence-electron chi connectivity index (χ0n) is 12.7. The molecule has 4 nitrogen and oxygen atoms in total. The molecular formula is C16H25NO3S. The van der Waals surface area contributed by atoms with Gasteiger partial charge in [-0.15, -0.1) is 0 Å². The van der Waals surface area contributed by atoms with Gasteiger partial charge in [-0.05, 0) is 44.7 Å². The zero-order valence-corrected chi connectivity index (χ0v) is 13.6. The van der Waals surface area contributed by atoms with E-state index in [-0.39, 0.29) is 23.8 Å². The van der Waals surface area contributed by atoms with Gasteiger partial charge >= 0.3 is 0 Å². The average Bonchev–Trinajstić information content (AvgIpc) is 2.82. The number of aliphatic hydroxyl groups excluding tert-OH is 1. The van der Waals surface area contributed by atoms with Crippen molar-refractivity contribution in [3.8, 4) is 0 Å². The Morgan fingerprint density at radius 2 is 1.95 bits per heavy atom. The number of rotatable bonds is 6. The van der Waals surface area contributed by atoms with Gasteiger partial charge in [0.15, 0.2) is 9.84 Å². The molecule has 1 aromatic carbocycles. The number of hydrogen-bond acceptors (Lipinski definition) is 4. The fraction of sp³-hybridized carbons (Fsp3) is 0.625. The highest BCUT2D eigenvalue weighted by molar-refractivity contribution is 7.91. The van der Waals surface area contributed by atoms with Crippen LogP contribution in [0.25, 0.3) is 0 Å². The van der Waals surface area contributed by atoms with E-state index in [0.717, 1.165) is 24.8 Å². The molecule has 0 aliphatic heterocycles. The van der Waals surface area contributed by atoms with Crippen LogP contribution < -0.4 is 5.32 Å². The van der Waals surface area contributed by atoms with Crippen LogP contribution >= 0.6 is 0 Å². The predicted octanol–water partition coefficient (Wildman–Crippen LogP) is 1.91. The lowest BCUT2D eigenvalue weighted by Crippen LogP contribution is -2.38. The first kappa shape index (κ1) is 16.5. The third-order valence-electron chi connectivity index (χ3n) is 4.20. The van der Waals surface area contributed by atoms with Crippen molar-refractivity contribution >= 4 is 9.84 Å². The number of hydrogen-bond donors (Lipinski definition) is 2. The molecule has 0 bridgehead atoms. The maximum atomic E-state index is 12.3. The van der Waals surface area contributed by atoms with E-state index in [1.54, 1.807) is 12.1 Å². The molecule has 1 fully saturated rings. The normalized spacial score (nSPS) is 24.1. The maximum absolute atomic E-state index is 12.3. The fourth-order valence-electron chi connectivity index (χ4n) is 2.84. The summed E-state index contributed by atoms with van der Waals surface area (Å²) in [5, 5.41) is 13.0. The van der Waals surface area contributed by atoms with Crippen LogP contribution in [0.1, 0.15) is 31.7 Å². The van der Waals surface area contributed by atoms with Crippen molar-refractivity contribution in [3.05, 3.63) is 29.8 Å². The molecule has 0 unspecified atom stereocenters. The number of aryl methyl sites for hydroxylation is 1. The van der Waals surface area contributed by atoms with Crippen molar-refractivity contribution in [3.63, 3.8) is 0 Å². The Hall–Kier alpha value is -0.910. The van der Waals surface area contributed by atoms with Crippen LogP contribution in [-0.4, -0.2) is 38.0 Å². The summed E-state index contributed by atoms with van der Waals surface area (Å²) in [4.78, 5) is 0.377. The molecule has 1 aliphatic rings. The second kappa shape index (κ2) is 6.90. The van der Waals surface area contributed by atoms with E-state index in [9.17, 15) is 13.5 Å². The number of benzene rings is 1. The molecule has 1 aromatic rings. The van der Waals surface area contributed by atoms with Gasteiger partial charge in [0.25, 0.3) is 0 Å². The van der Waals surface area contributed by atoms with Gasteiger partial charge < -0.3 is 10.4 Å². The maximum Gasteiger partial charge on any atom is 0.179 e. The summed E-state index contributed by atoms with van der Waals surface area (Å²) in [6.45, 7) is 4.51. The van der Waals surface area contributed by atoms with E-state index in [0.29, 0.717) is 11.4 Å². The van der Waals surface area contributed by atoms with Crippen LogP contribution in [0.4, 0.5) is 0 Å². The smallest absolute Gasteiger partial charge is 0.179 e. The summed E-state index contributed by atoms with van der Waals surface area (Å²) in [5.41, 5.74) is 1.05. The standard InChI is InChI=1S/C16H25NO3S/c1-12-6-8-15(9-7-12)21(19,20)11-13(2)17-10-14-4-3-5-16(14)18/h6-9,13-14,16-18H,3-5,10-11H2,1-2H3/t13-,14-,16-/m0/s1. The fourth-order valence-corrected chi connectivity index (χ4v) is 4.36. The van der Waals surface area contributed by atoms with E-state index in [2.05, 4.69) is 5.32 Å². The van der Waals surface area contributed by atoms with Crippen molar-refractivity contribution in [1.82, 2.24) is 5.32 Å². The molecule has 0 aromatic heterocycles. The molecule has 1 aliphatic carbocycles. The minimum absolute atomic E-state index is 0.0822. The number of aliphatic hydroxyl groups is 1. The van der Waals surface area contributed by atoms with Crippen molar-refractivity contribution < 1.29 is 13.5 Å². The lowest BCUT2D eigenvalue weighted by Gasteiger charge is -2.19. The van der Waals surface area contributed by atoms with Crippen molar-refractivity contribution in [2.45, 2.75) is 50.2 Å². The molecule has 5 heteroatoms. The monoisotopic (exact) mass is 311 g/mol. The summed E-state index contributed by atoms with van der Waals surface area (Å²) in [6.07, 6.45) is 2.70. The molecule has 0 heterocycles. The van der Waals surface area contributed by atoms with E-state index < -0.39 is 9.84 Å². The number of sulfone groups is 1. The second-order valence-corrected chi connectivity index (χ2v) is 8.20. The molecule has 0 amide bonds. The Morgan fingerprint density at radius 3 is 2.52 bits per heavy atom. The van der Waals surface area contributed by atoms with Gasteiger partial charge in [0.1, 0.15) is 0 Å². The SMILES string of the molecule is Cc1ccc(S(=O)(=O)C[C@H](C)NC[C@@H]2CCC[C@@H]2O)cc1. The molecular weight excluding hydrogens is 286 g/mol. The van der Waals surface area contributed by atoms with Crippen molar-refractivity contribution in [2.75, 3.05) is 12.3 Å². The first-order valence-corrected chi connectivity index (χ1v) is 9.24. The molecule has 118 valence electrons. The van der Waals surface area contributed by atoms with Gasteiger partial charge in [-0.25, -0.2) is 8.42 Å². The van der Waals surface area contributed by atoms with Gasteiger partial charge in [-0.3, -0.25) is 0 Å². The van der Waals surface area contributed by atoms with E-state index in [1.807, 2.05) is 26.0 Å². The zero-order chi connectivity index (χ0) is 15.5. The highest BCUT2D eigenvalue weighted by atomic mass is 32.2. The van der Waals surface area contributed by atoms with Crippen LogP contribution in [0.3, 0.4) is 0 Å². The Balaban J connectivity index is 1.89. The van der Waals surface area contributed by atoms with Crippen LogP contribution in [-0.2, 0) is 9.84 Å². The molecule has 0 saturated heterocycles. The third kappa shape index (κ3) is 4.53. The molecule has 1 saturated carbocycles. The van der Waals surface area contributed by atoms with Gasteiger partial charge in [0, 0.05) is 12.6 Å². The lowest BCUT2D eigenvalue weighted by atomic mass is 10.1. The Kier molecular flexibility index (Phi) is 5.41. The van der Waals surface area contributed by atoms with E-state index >= 15 is 0 Å². The largest absolute Gasteiger partial charge is 0.393 e. The molecule has 2 N–H and O–H groups in total. The van der Waals surface area contributed by atoms with Gasteiger partial charge in [0.05, 0.1) is 16.8 Å². The van der Waals surface area contributed by atoms with Crippen molar-refractivity contribution in [2.24, 2.45) is 5.92 Å². The molecule has 0 spiro atoms. The first-order valence-electron chi connectivity index (χ1n) is 7.59. The highest BCUT2D eigenvalue weighted by Crippen LogP contribution is 2.24. The van der Waals surface area contributed by atoms with Crippen LogP contribution in [0.5, 0.6) is 0 Å². The third-order valence-corrected chi connectivity index (χ3v) is 6.13. The summed E-state index contributed by atoms with van der Waals surface area (Å²) < 4.78 is 24.6. The quantitative estimate of drug-likeness (QED) is 0.842. The Morgan fingerprint density at radius 1 is 1.29 bits per heavy atom. The predicted molar refractivity (Wildman–Crippen MR) is 84.0 cm³/mol. The van der Waals surface area contributed by atoms with Gasteiger partial charge in [-0.2, -0.15) is 0 Å². The Labute approximate surface area is 127 Å². The minimum atomic E-state index is -3.26. The Bertz CT molecular complexity index is 553. The van der Waals surface area contributed by atoms with Crippen LogP contribution in [0.15, 0.2) is 29.2 Å². The summed E-state index contributed by atoms with van der Waals surface area (Å²) in [7, 11) is -3.26. The highest BCUT2D eigenvalue weighted by Gasteiger charge is 2.26. The van der Waals surface area contributed by atoms with Gasteiger partial charge in [-0.1, -0.05) is 24.1 Å². The van der Waals surface area contributed by atoms with Crippen LogP contribution in [0.2, 0.25) is 0 Å². The number of nitrogens with one attached hydrogen (secondary N) is 1. The lowest BCUT2D eigenvalue weighted by molar-refractivity contribution is 0.130. The summed E-state index contributed by atoms with van der Waals surface area (Å²) in [6, 6.07) is 6.85. The molecule has 2 rings (SSSR count). The van der Waals surface area contributed by atoms with Crippen molar-refractivity contribution in [1.29, 1.82) is 0 Å². The molecule has 0 radical (unpaired) electrons.